The fraction of sp³-hybridized carbons (Fsp3) is 0. The molecule has 2 aromatic heterocycles. The molecule has 0 N–H and O–H groups in total. The lowest BCUT2D eigenvalue weighted by atomic mass is 9.88. The summed E-state index contributed by atoms with van der Waals surface area (Å²) in [5, 5.41) is 0.493. The van der Waals surface area contributed by atoms with Gasteiger partial charge in [0.25, 0.3) is 0 Å². The van der Waals surface area contributed by atoms with Gasteiger partial charge in [0.15, 0.2) is 5.70 Å². The molecule has 0 bridgehead atoms. The third-order valence-electron chi connectivity index (χ3n) is 3.85. The Labute approximate surface area is 152 Å². The van der Waals surface area contributed by atoms with Crippen LogP contribution in [0, 0.1) is 0 Å². The van der Waals surface area contributed by atoms with E-state index in [-0.39, 0.29) is 0 Å². The molecule has 3 nitrogen and oxygen atoms in total. The van der Waals surface area contributed by atoms with Crippen LogP contribution in [0.15, 0.2) is 52.9 Å². The molecule has 0 amide bonds. The van der Waals surface area contributed by atoms with Gasteiger partial charge in [0.05, 0.1) is 20.9 Å². The van der Waals surface area contributed by atoms with Crippen LogP contribution in [0.1, 0.15) is 11.4 Å². The number of fused-ring (bicyclic) bond motifs is 2. The molecule has 4 heterocycles. The van der Waals surface area contributed by atoms with E-state index in [1.807, 2.05) is 0 Å². The van der Waals surface area contributed by atoms with Gasteiger partial charge in [-0.2, -0.15) is 0 Å². The van der Waals surface area contributed by atoms with Gasteiger partial charge in [-0.1, -0.05) is 11.6 Å². The number of halogens is 5. The van der Waals surface area contributed by atoms with E-state index in [4.69, 9.17) is 11.6 Å². The van der Waals surface area contributed by atoms with E-state index in [1.165, 1.54) is 6.20 Å². The van der Waals surface area contributed by atoms with E-state index in [0.717, 1.165) is 8.96 Å². The first-order valence-electron chi connectivity index (χ1n) is 6.67. The van der Waals surface area contributed by atoms with Crippen molar-refractivity contribution in [2.24, 2.45) is 0 Å². The molecule has 0 spiro atoms. The molecule has 0 atom stereocenters. The van der Waals surface area contributed by atoms with E-state index >= 15 is 8.63 Å². The number of allylic oxidation sites excluding steroid dienone is 2. The molecule has 116 valence electrons. The van der Waals surface area contributed by atoms with Gasteiger partial charge in [-0.25, -0.2) is 0 Å². The standard InChI is InChI=1S/C14H7BBr2ClF2N3/c16-12-5-3-10-14(9-2-1-8(18)7-21-9)11-4-6-13(17)23(11)15(19,20)22(10)12/h1-7H. The van der Waals surface area contributed by atoms with E-state index in [2.05, 4.69) is 36.8 Å². The lowest BCUT2D eigenvalue weighted by molar-refractivity contribution is -0.358. The molecular formula is C14H7BBr2ClF2N3. The first-order valence-corrected chi connectivity index (χ1v) is 8.63. The Morgan fingerprint density at radius 3 is 2.61 bits per heavy atom. The Hall–Kier alpha value is -1.25. The Balaban J connectivity index is 2.09. The highest BCUT2D eigenvalue weighted by atomic mass is 79.9. The second-order valence-corrected chi connectivity index (χ2v) is 7.21. The average Bonchev–Trinajstić information content (AvgIpc) is 3.06. The van der Waals surface area contributed by atoms with Gasteiger partial charge >= 0.3 is 6.97 Å². The minimum atomic E-state index is -4.01. The van der Waals surface area contributed by atoms with Crippen LogP contribution < -0.4 is 0 Å². The molecule has 0 radical (unpaired) electrons. The van der Waals surface area contributed by atoms with Crippen molar-refractivity contribution in [2.45, 2.75) is 0 Å². The van der Waals surface area contributed by atoms with Crippen molar-refractivity contribution in [3.05, 3.63) is 69.3 Å². The lowest BCUT2D eigenvalue weighted by Crippen LogP contribution is -2.50. The van der Waals surface area contributed by atoms with E-state index in [0.29, 0.717) is 36.9 Å². The summed E-state index contributed by atoms with van der Waals surface area (Å²) in [6.07, 6.45) is 4.78. The third kappa shape index (κ3) is 2.11. The van der Waals surface area contributed by atoms with Gasteiger partial charge < -0.3 is 17.6 Å². The van der Waals surface area contributed by atoms with Crippen LogP contribution in [-0.4, -0.2) is 25.5 Å². The van der Waals surface area contributed by atoms with Crippen molar-refractivity contribution < 1.29 is 13.1 Å². The summed E-state index contributed by atoms with van der Waals surface area (Å²) in [5.41, 5.74) is 2.04. The van der Waals surface area contributed by atoms with Gasteiger partial charge in [0.2, 0.25) is 4.62 Å². The molecule has 0 saturated carbocycles. The van der Waals surface area contributed by atoms with E-state index in [1.54, 1.807) is 36.4 Å². The zero-order chi connectivity index (χ0) is 16.4. The predicted molar refractivity (Wildman–Crippen MR) is 94.1 cm³/mol. The molecule has 0 aromatic carbocycles. The Morgan fingerprint density at radius 1 is 1.13 bits per heavy atom. The molecular weight excluding hydrogens is 454 g/mol. The summed E-state index contributed by atoms with van der Waals surface area (Å²) in [6, 6.07) is 6.70. The first-order chi connectivity index (χ1) is 10.9. The van der Waals surface area contributed by atoms with Crippen molar-refractivity contribution >= 4 is 60.6 Å². The van der Waals surface area contributed by atoms with Crippen molar-refractivity contribution in [1.82, 2.24) is 9.46 Å². The minimum absolute atomic E-state index is 0.315. The zero-order valence-electron chi connectivity index (χ0n) is 11.4. The quantitative estimate of drug-likeness (QED) is 0.566. The third-order valence-corrected chi connectivity index (χ3v) is 5.37. The highest BCUT2D eigenvalue weighted by Gasteiger charge is 2.54. The van der Waals surface area contributed by atoms with Crippen LogP contribution in [0.5, 0.6) is 0 Å². The lowest BCUT2D eigenvalue weighted by Gasteiger charge is -2.31. The number of nitrogens with zero attached hydrogens (tertiary/aromatic N) is 3. The second-order valence-electron chi connectivity index (χ2n) is 5.15. The van der Waals surface area contributed by atoms with Gasteiger partial charge in [-0.15, -0.1) is 0 Å². The molecule has 2 aliphatic heterocycles. The normalized spacial score (nSPS) is 18.5. The first kappa shape index (κ1) is 15.3. The number of rotatable bonds is 1. The molecule has 0 unspecified atom stereocenters. The number of hydrogen-bond acceptors (Lipinski definition) is 1. The molecule has 0 saturated heterocycles. The predicted octanol–water partition coefficient (Wildman–Crippen LogP) is 4.67. The zero-order valence-corrected chi connectivity index (χ0v) is 15.3. The van der Waals surface area contributed by atoms with Crippen molar-refractivity contribution in [2.75, 3.05) is 0 Å². The molecule has 4 rings (SSSR count). The van der Waals surface area contributed by atoms with Gasteiger partial charge in [-0.3, -0.25) is 4.98 Å². The smallest absolute Gasteiger partial charge is 0.389 e. The van der Waals surface area contributed by atoms with Crippen LogP contribution >= 0.6 is 43.5 Å². The van der Waals surface area contributed by atoms with Gasteiger partial charge in [-0.05, 0) is 40.2 Å². The topological polar surface area (TPSA) is 20.8 Å². The summed E-state index contributed by atoms with van der Waals surface area (Å²) < 4.78 is 32.6. The van der Waals surface area contributed by atoms with Crippen LogP contribution in [0.4, 0.5) is 8.63 Å². The maximum atomic E-state index is 15.0. The van der Waals surface area contributed by atoms with Crippen LogP contribution in [0.25, 0.3) is 5.57 Å². The molecule has 2 aromatic rings. The van der Waals surface area contributed by atoms with Crippen molar-refractivity contribution in [3.63, 3.8) is 0 Å². The summed E-state index contributed by atoms with van der Waals surface area (Å²) in [7, 11) is 0. The molecule has 23 heavy (non-hydrogen) atoms. The van der Waals surface area contributed by atoms with Crippen LogP contribution in [-0.2, 0) is 0 Å². The summed E-state index contributed by atoms with van der Waals surface area (Å²) in [4.78, 5) is 4.30. The fourth-order valence-electron chi connectivity index (χ4n) is 2.92. The van der Waals surface area contributed by atoms with Crippen LogP contribution in [0.2, 0.25) is 5.02 Å². The maximum Gasteiger partial charge on any atom is 0.738 e. The van der Waals surface area contributed by atoms with Crippen molar-refractivity contribution in [1.29, 1.82) is 0 Å². The molecule has 9 heteroatoms. The molecule has 0 aliphatic carbocycles. The second kappa shape index (κ2) is 5.12. The Kier molecular flexibility index (Phi) is 3.41. The minimum Gasteiger partial charge on any atom is -0.389 e. The molecule has 0 fully saturated rings. The SMILES string of the molecule is F[B-]1(F)n2c(Br)ccc2C(c2ccc(Cl)cn2)=C2C=CC(Br)=[N+]21. The summed E-state index contributed by atoms with van der Waals surface area (Å²) in [6.45, 7) is -4.01. The number of hydrogen-bond donors (Lipinski definition) is 0. The fourth-order valence-corrected chi connectivity index (χ4v) is 4.17. The Morgan fingerprint density at radius 2 is 1.91 bits per heavy atom. The monoisotopic (exact) mass is 459 g/mol. The highest BCUT2D eigenvalue weighted by Crippen LogP contribution is 2.41. The maximum absolute atomic E-state index is 15.0. The largest absolute Gasteiger partial charge is 0.738 e. The summed E-state index contributed by atoms with van der Waals surface area (Å²) >= 11 is 12.3. The van der Waals surface area contributed by atoms with Gasteiger partial charge in [0.1, 0.15) is 0 Å². The number of aromatic nitrogens is 2. The number of pyridine rings is 1. The average molecular weight is 461 g/mol. The molecule has 2 aliphatic rings. The van der Waals surface area contributed by atoms with E-state index < -0.39 is 6.97 Å². The van der Waals surface area contributed by atoms with Crippen LogP contribution in [0.3, 0.4) is 0 Å². The summed E-state index contributed by atoms with van der Waals surface area (Å²) in [5.74, 6) is 0. The van der Waals surface area contributed by atoms with E-state index in [9.17, 15) is 0 Å². The van der Waals surface area contributed by atoms with Crippen molar-refractivity contribution in [3.8, 4) is 0 Å². The Bertz CT molecular complexity index is 932. The van der Waals surface area contributed by atoms with Gasteiger partial charge in [0, 0.05) is 40.0 Å². The highest BCUT2D eigenvalue weighted by molar-refractivity contribution is 9.18.